The van der Waals surface area contributed by atoms with E-state index in [1.807, 2.05) is 24.3 Å². The average Bonchev–Trinajstić information content (AvgIpc) is 2.94. The number of amides is 1. The molecule has 2 atom stereocenters. The Morgan fingerprint density at radius 1 is 1.20 bits per heavy atom. The summed E-state index contributed by atoms with van der Waals surface area (Å²) in [6.45, 7) is 5.59. The van der Waals surface area contributed by atoms with Crippen LogP contribution < -0.4 is 0 Å². The molecule has 1 aliphatic rings. The molecule has 0 radical (unpaired) electrons. The summed E-state index contributed by atoms with van der Waals surface area (Å²) < 4.78 is 17.3. The second kappa shape index (κ2) is 7.49. The SMILES string of the molecule is COC(=O)[C@@H]1C[C@@](OC)(c2ccc(I)cc2)CN1C(=O)OC(C)(C)C. The van der Waals surface area contributed by atoms with Crippen molar-refractivity contribution < 1.29 is 23.8 Å². The van der Waals surface area contributed by atoms with Crippen molar-refractivity contribution >= 4 is 34.7 Å². The standard InChI is InChI=1S/C18H24INO5/c1-17(2,3)25-16(22)20-11-18(24-5,10-14(20)15(21)23-4)12-6-8-13(19)9-7-12/h6-9,14H,10-11H2,1-5H3/t14-,18-/m0/s1. The number of carbonyl (C=O) groups is 2. The second-order valence-corrected chi connectivity index (χ2v) is 8.30. The van der Waals surface area contributed by atoms with Gasteiger partial charge in [-0.05, 0) is 61.1 Å². The number of carbonyl (C=O) groups excluding carboxylic acids is 2. The zero-order valence-corrected chi connectivity index (χ0v) is 17.3. The van der Waals surface area contributed by atoms with Gasteiger partial charge in [-0.2, -0.15) is 0 Å². The smallest absolute Gasteiger partial charge is 0.411 e. The Morgan fingerprint density at radius 2 is 1.80 bits per heavy atom. The summed E-state index contributed by atoms with van der Waals surface area (Å²) in [6, 6.07) is 7.11. The Kier molecular flexibility index (Phi) is 5.98. The predicted octanol–water partition coefficient (Wildman–Crippen LogP) is 3.32. The molecule has 1 aromatic carbocycles. The van der Waals surface area contributed by atoms with Gasteiger partial charge in [0.2, 0.25) is 0 Å². The highest BCUT2D eigenvalue weighted by Crippen LogP contribution is 2.40. The first-order valence-corrected chi connectivity index (χ1v) is 9.08. The van der Waals surface area contributed by atoms with E-state index in [1.165, 1.54) is 12.0 Å². The van der Waals surface area contributed by atoms with Crippen LogP contribution in [0.3, 0.4) is 0 Å². The van der Waals surface area contributed by atoms with Crippen molar-refractivity contribution in [3.8, 4) is 0 Å². The molecule has 0 unspecified atom stereocenters. The molecule has 0 spiro atoms. The molecule has 0 aromatic heterocycles. The number of rotatable bonds is 3. The Morgan fingerprint density at radius 3 is 2.28 bits per heavy atom. The number of hydrogen-bond acceptors (Lipinski definition) is 5. The van der Waals surface area contributed by atoms with Crippen LogP contribution in [0.5, 0.6) is 0 Å². The highest BCUT2D eigenvalue weighted by Gasteiger charge is 2.51. The van der Waals surface area contributed by atoms with Crippen molar-refractivity contribution in [3.05, 3.63) is 33.4 Å². The molecule has 1 saturated heterocycles. The number of methoxy groups -OCH3 is 2. The Hall–Kier alpha value is -1.35. The van der Waals surface area contributed by atoms with Gasteiger partial charge in [0, 0.05) is 17.1 Å². The molecule has 6 nitrogen and oxygen atoms in total. The third-order valence-electron chi connectivity index (χ3n) is 4.19. The van der Waals surface area contributed by atoms with Crippen LogP contribution in [0.2, 0.25) is 0 Å². The second-order valence-electron chi connectivity index (χ2n) is 7.06. The van der Waals surface area contributed by atoms with E-state index in [-0.39, 0.29) is 6.54 Å². The number of likely N-dealkylation sites (tertiary alicyclic amines) is 1. The van der Waals surface area contributed by atoms with E-state index in [0.29, 0.717) is 6.42 Å². The van der Waals surface area contributed by atoms with Crippen LogP contribution in [-0.4, -0.2) is 49.4 Å². The van der Waals surface area contributed by atoms with Gasteiger partial charge in [-0.25, -0.2) is 9.59 Å². The molecule has 1 aliphatic heterocycles. The molecule has 0 saturated carbocycles. The van der Waals surface area contributed by atoms with Crippen molar-refractivity contribution in [2.75, 3.05) is 20.8 Å². The van der Waals surface area contributed by atoms with E-state index >= 15 is 0 Å². The predicted molar refractivity (Wildman–Crippen MR) is 101 cm³/mol. The summed E-state index contributed by atoms with van der Waals surface area (Å²) in [5.41, 5.74) is -0.519. The van der Waals surface area contributed by atoms with E-state index in [9.17, 15) is 9.59 Å². The van der Waals surface area contributed by atoms with Crippen LogP contribution in [0.25, 0.3) is 0 Å². The van der Waals surface area contributed by atoms with Gasteiger partial charge < -0.3 is 14.2 Å². The van der Waals surface area contributed by atoms with E-state index in [4.69, 9.17) is 14.2 Å². The Balaban J connectivity index is 2.37. The minimum atomic E-state index is -0.778. The molecule has 138 valence electrons. The van der Waals surface area contributed by atoms with Crippen molar-refractivity contribution in [3.63, 3.8) is 0 Å². The molecule has 1 amide bonds. The number of esters is 1. The molecule has 2 rings (SSSR count). The summed E-state index contributed by atoms with van der Waals surface area (Å²) in [7, 11) is 2.90. The zero-order valence-electron chi connectivity index (χ0n) is 15.2. The van der Waals surface area contributed by atoms with Crippen LogP contribution in [0.4, 0.5) is 4.79 Å². The number of nitrogens with zero attached hydrogens (tertiary/aromatic N) is 1. The van der Waals surface area contributed by atoms with Gasteiger partial charge in [-0.1, -0.05) is 12.1 Å². The number of ether oxygens (including phenoxy) is 3. The van der Waals surface area contributed by atoms with Gasteiger partial charge in [0.25, 0.3) is 0 Å². The van der Waals surface area contributed by atoms with Crippen LogP contribution in [0.1, 0.15) is 32.8 Å². The zero-order chi connectivity index (χ0) is 18.8. The van der Waals surface area contributed by atoms with Gasteiger partial charge in [0.15, 0.2) is 0 Å². The minimum Gasteiger partial charge on any atom is -0.467 e. The molecule has 25 heavy (non-hydrogen) atoms. The highest BCUT2D eigenvalue weighted by molar-refractivity contribution is 14.1. The van der Waals surface area contributed by atoms with Gasteiger partial charge in [0.05, 0.1) is 13.7 Å². The maximum atomic E-state index is 12.6. The van der Waals surface area contributed by atoms with Crippen molar-refractivity contribution in [2.24, 2.45) is 0 Å². The largest absolute Gasteiger partial charge is 0.467 e. The molecule has 0 N–H and O–H groups in total. The van der Waals surface area contributed by atoms with E-state index < -0.39 is 29.3 Å². The summed E-state index contributed by atoms with van der Waals surface area (Å²) in [5.74, 6) is -0.477. The lowest BCUT2D eigenvalue weighted by molar-refractivity contribution is -0.145. The quantitative estimate of drug-likeness (QED) is 0.511. The van der Waals surface area contributed by atoms with Gasteiger partial charge in [-0.15, -0.1) is 0 Å². The fourth-order valence-electron chi connectivity index (χ4n) is 2.96. The summed E-state index contributed by atoms with van der Waals surface area (Å²) in [6.07, 6.45) is -0.233. The molecular weight excluding hydrogens is 437 g/mol. The van der Waals surface area contributed by atoms with Crippen molar-refractivity contribution in [1.82, 2.24) is 4.90 Å². The van der Waals surface area contributed by atoms with E-state index in [2.05, 4.69) is 22.6 Å². The molecular formula is C18H24INO5. The fraction of sp³-hybridized carbons (Fsp3) is 0.556. The fourth-order valence-corrected chi connectivity index (χ4v) is 3.32. The molecule has 0 aliphatic carbocycles. The monoisotopic (exact) mass is 461 g/mol. The highest BCUT2D eigenvalue weighted by atomic mass is 127. The lowest BCUT2D eigenvalue weighted by atomic mass is 9.91. The number of benzene rings is 1. The average molecular weight is 461 g/mol. The third-order valence-corrected chi connectivity index (χ3v) is 4.91. The molecule has 1 heterocycles. The summed E-state index contributed by atoms with van der Waals surface area (Å²) >= 11 is 2.23. The minimum absolute atomic E-state index is 0.221. The topological polar surface area (TPSA) is 65.1 Å². The van der Waals surface area contributed by atoms with Crippen LogP contribution in [0, 0.1) is 3.57 Å². The number of hydrogen-bond donors (Lipinski definition) is 0. The maximum Gasteiger partial charge on any atom is 0.411 e. The van der Waals surface area contributed by atoms with Gasteiger partial charge in [0.1, 0.15) is 17.2 Å². The third kappa shape index (κ3) is 4.44. The Bertz CT molecular complexity index is 640. The lowest BCUT2D eigenvalue weighted by Gasteiger charge is -2.29. The maximum absolute atomic E-state index is 12.6. The number of halogens is 1. The Labute approximate surface area is 161 Å². The molecule has 1 fully saturated rings. The summed E-state index contributed by atoms with van der Waals surface area (Å²) in [4.78, 5) is 26.3. The van der Waals surface area contributed by atoms with E-state index in [1.54, 1.807) is 27.9 Å². The van der Waals surface area contributed by atoms with E-state index in [0.717, 1.165) is 9.13 Å². The van der Waals surface area contributed by atoms with Crippen molar-refractivity contribution in [1.29, 1.82) is 0 Å². The van der Waals surface area contributed by atoms with Crippen molar-refractivity contribution in [2.45, 2.75) is 44.4 Å². The van der Waals surface area contributed by atoms with Crippen LogP contribution in [0.15, 0.2) is 24.3 Å². The first-order chi connectivity index (χ1) is 11.6. The van der Waals surface area contributed by atoms with Gasteiger partial charge >= 0.3 is 12.1 Å². The normalized spacial score (nSPS) is 23.4. The summed E-state index contributed by atoms with van der Waals surface area (Å²) in [5, 5.41) is 0. The van der Waals surface area contributed by atoms with Gasteiger partial charge in [-0.3, -0.25) is 4.90 Å². The lowest BCUT2D eigenvalue weighted by Crippen LogP contribution is -2.44. The molecule has 1 aromatic rings. The molecule has 0 bridgehead atoms. The first kappa shape index (κ1) is 20.0. The van der Waals surface area contributed by atoms with Crippen LogP contribution in [-0.2, 0) is 24.6 Å². The molecule has 7 heteroatoms. The first-order valence-electron chi connectivity index (χ1n) is 8.00. The van der Waals surface area contributed by atoms with Crippen LogP contribution >= 0.6 is 22.6 Å².